The van der Waals surface area contributed by atoms with Crippen molar-refractivity contribution in [1.29, 1.82) is 0 Å². The van der Waals surface area contributed by atoms with Crippen LogP contribution in [0.2, 0.25) is 0 Å². The Bertz CT molecular complexity index is 1070. The molecule has 196 valence electrons. The van der Waals surface area contributed by atoms with Gasteiger partial charge in [-0.2, -0.15) is 0 Å². The van der Waals surface area contributed by atoms with E-state index in [2.05, 4.69) is 15.9 Å². The van der Waals surface area contributed by atoms with E-state index in [1.165, 1.54) is 0 Å². The van der Waals surface area contributed by atoms with E-state index < -0.39 is 35.4 Å². The predicted octanol–water partition coefficient (Wildman–Crippen LogP) is 5.64. The number of benzene rings is 3. The number of carbonyl (C=O) groups excluding carboxylic acids is 1. The Balaban J connectivity index is 1.54. The molecular weight excluding hydrogens is 560 g/mol. The summed E-state index contributed by atoms with van der Waals surface area (Å²) < 4.78 is 30.7. The molecule has 0 radical (unpaired) electrons. The third kappa shape index (κ3) is 8.37. The maximum Gasteiger partial charge on any atom is 0.321 e. The lowest BCUT2D eigenvalue weighted by molar-refractivity contribution is -0.247. The van der Waals surface area contributed by atoms with Crippen LogP contribution in [-0.2, 0) is 48.3 Å². The molecule has 0 unspecified atom stereocenters. The van der Waals surface area contributed by atoms with Crippen LogP contribution >= 0.6 is 27.5 Å². The van der Waals surface area contributed by atoms with E-state index in [1.54, 1.807) is 0 Å². The predicted molar refractivity (Wildman–Crippen MR) is 144 cm³/mol. The van der Waals surface area contributed by atoms with Crippen molar-refractivity contribution < 1.29 is 28.5 Å². The van der Waals surface area contributed by atoms with Crippen molar-refractivity contribution in [1.82, 2.24) is 0 Å². The second-order valence-corrected chi connectivity index (χ2v) is 9.81. The normalized spacial score (nSPS) is 23.5. The molecule has 1 heterocycles. The van der Waals surface area contributed by atoms with Crippen LogP contribution in [0, 0.1) is 0 Å². The van der Waals surface area contributed by atoms with Crippen LogP contribution in [0.4, 0.5) is 0 Å². The first-order valence-electron chi connectivity index (χ1n) is 12.1. The van der Waals surface area contributed by atoms with Gasteiger partial charge in [-0.05, 0) is 16.7 Å². The second kappa shape index (κ2) is 14.6. The molecule has 4 rings (SSSR count). The van der Waals surface area contributed by atoms with Crippen molar-refractivity contribution in [2.24, 2.45) is 0 Å². The number of hydrogen-bond donors (Lipinski definition) is 0. The van der Waals surface area contributed by atoms with Crippen LogP contribution < -0.4 is 0 Å². The largest absolute Gasteiger partial charge is 0.455 e. The molecule has 1 fully saturated rings. The van der Waals surface area contributed by atoms with Gasteiger partial charge >= 0.3 is 5.97 Å². The SMILES string of the molecule is O=C(CCl)O[C@@H]1[C@@H](OCc2ccccc2)[C@H](OCc2ccccc2)[C@@H](COCc2ccccc2)O[C@H]1Br. The number of alkyl halides is 2. The van der Waals surface area contributed by atoms with Gasteiger partial charge in [0.05, 0.1) is 26.4 Å². The van der Waals surface area contributed by atoms with Gasteiger partial charge < -0.3 is 23.7 Å². The number of hydrogen-bond acceptors (Lipinski definition) is 6. The van der Waals surface area contributed by atoms with Gasteiger partial charge in [-0.3, -0.25) is 4.79 Å². The molecule has 0 N–H and O–H groups in total. The van der Waals surface area contributed by atoms with Crippen LogP contribution in [0.3, 0.4) is 0 Å². The Morgan fingerprint density at radius 2 is 1.22 bits per heavy atom. The minimum atomic E-state index is -0.777. The van der Waals surface area contributed by atoms with E-state index >= 15 is 0 Å². The molecule has 0 aromatic heterocycles. The lowest BCUT2D eigenvalue weighted by Crippen LogP contribution is -2.60. The molecule has 1 saturated heterocycles. The van der Waals surface area contributed by atoms with E-state index in [1.807, 2.05) is 91.0 Å². The van der Waals surface area contributed by atoms with E-state index in [-0.39, 0.29) is 12.5 Å². The fourth-order valence-electron chi connectivity index (χ4n) is 4.10. The first-order chi connectivity index (χ1) is 18.1. The molecule has 3 aromatic rings. The summed E-state index contributed by atoms with van der Waals surface area (Å²) in [6.07, 6.45) is -2.48. The van der Waals surface area contributed by atoms with Crippen LogP contribution in [0.25, 0.3) is 0 Å². The minimum absolute atomic E-state index is 0.262. The topological polar surface area (TPSA) is 63.2 Å². The van der Waals surface area contributed by atoms with Gasteiger partial charge in [-0.15, -0.1) is 11.6 Å². The second-order valence-electron chi connectivity index (χ2n) is 8.64. The van der Waals surface area contributed by atoms with E-state index in [9.17, 15) is 4.79 Å². The van der Waals surface area contributed by atoms with Gasteiger partial charge in [0.1, 0.15) is 24.2 Å². The summed E-state index contributed by atoms with van der Waals surface area (Å²) in [4.78, 5) is 12.2. The van der Waals surface area contributed by atoms with E-state index in [0.717, 1.165) is 16.7 Å². The zero-order chi connectivity index (χ0) is 25.9. The van der Waals surface area contributed by atoms with Crippen molar-refractivity contribution in [2.45, 2.75) is 49.2 Å². The molecular formula is C29H30BrClO6. The minimum Gasteiger partial charge on any atom is -0.455 e. The average Bonchev–Trinajstić information content (AvgIpc) is 2.94. The third-order valence-corrected chi connectivity index (χ3v) is 6.87. The molecule has 0 saturated carbocycles. The Morgan fingerprint density at radius 3 is 1.73 bits per heavy atom. The Hall–Kier alpha value is -2.26. The first-order valence-corrected chi connectivity index (χ1v) is 13.6. The lowest BCUT2D eigenvalue weighted by Gasteiger charge is -2.44. The molecule has 1 aliphatic rings. The van der Waals surface area contributed by atoms with Crippen molar-refractivity contribution in [3.8, 4) is 0 Å². The highest BCUT2D eigenvalue weighted by atomic mass is 79.9. The lowest BCUT2D eigenvalue weighted by atomic mass is 9.99. The molecule has 0 bridgehead atoms. The van der Waals surface area contributed by atoms with Crippen molar-refractivity contribution in [2.75, 3.05) is 12.5 Å². The monoisotopic (exact) mass is 588 g/mol. The summed E-state index contributed by atoms with van der Waals surface area (Å²) in [6, 6.07) is 29.6. The first kappa shape index (κ1) is 27.8. The zero-order valence-corrected chi connectivity index (χ0v) is 22.6. The highest BCUT2D eigenvalue weighted by Crippen LogP contribution is 2.32. The summed E-state index contributed by atoms with van der Waals surface area (Å²) in [7, 11) is 0. The summed E-state index contributed by atoms with van der Waals surface area (Å²) in [6.45, 7) is 1.33. The quantitative estimate of drug-likeness (QED) is 0.201. The van der Waals surface area contributed by atoms with E-state index in [4.69, 9.17) is 35.3 Å². The number of halogens is 2. The third-order valence-electron chi connectivity index (χ3n) is 5.92. The summed E-state index contributed by atoms with van der Waals surface area (Å²) in [5, 5.41) is -0.637. The van der Waals surface area contributed by atoms with Crippen LogP contribution in [0.15, 0.2) is 91.0 Å². The number of carbonyl (C=O) groups is 1. The van der Waals surface area contributed by atoms with Crippen LogP contribution in [0.5, 0.6) is 0 Å². The van der Waals surface area contributed by atoms with Gasteiger partial charge in [0.2, 0.25) is 0 Å². The molecule has 3 aromatic carbocycles. The van der Waals surface area contributed by atoms with Gasteiger partial charge in [0.15, 0.2) is 11.1 Å². The van der Waals surface area contributed by atoms with Crippen LogP contribution in [-0.4, -0.2) is 47.9 Å². The van der Waals surface area contributed by atoms with Gasteiger partial charge in [-0.1, -0.05) is 107 Å². The number of esters is 1. The molecule has 37 heavy (non-hydrogen) atoms. The fourth-order valence-corrected chi connectivity index (χ4v) is 4.85. The maximum absolute atomic E-state index is 12.2. The summed E-state index contributed by atoms with van der Waals surface area (Å²) in [5.41, 5.74) is 3.05. The standard InChI is InChI=1S/C29H30BrClO6/c30-29-28(37-25(32)16-31)27(35-19-23-14-8-3-9-15-23)26(34-18-22-12-6-2-7-13-22)24(36-29)20-33-17-21-10-4-1-5-11-21/h1-15,24,26-29H,16-20H2/t24-,26-,27+,28-,29-/m1/s1. The van der Waals surface area contributed by atoms with Crippen molar-refractivity contribution in [3.63, 3.8) is 0 Å². The number of rotatable bonds is 12. The fraction of sp³-hybridized carbons (Fsp3) is 0.345. The summed E-state index contributed by atoms with van der Waals surface area (Å²) in [5.74, 6) is -0.838. The summed E-state index contributed by atoms with van der Waals surface area (Å²) >= 11 is 9.30. The van der Waals surface area contributed by atoms with Gasteiger partial charge in [-0.25, -0.2) is 0 Å². The molecule has 6 nitrogen and oxygen atoms in total. The van der Waals surface area contributed by atoms with Crippen molar-refractivity contribution >= 4 is 33.5 Å². The Morgan fingerprint density at radius 1 is 0.730 bits per heavy atom. The van der Waals surface area contributed by atoms with Crippen LogP contribution in [0.1, 0.15) is 16.7 Å². The number of ether oxygens (including phenoxy) is 5. The average molecular weight is 590 g/mol. The molecule has 0 aliphatic carbocycles. The van der Waals surface area contributed by atoms with Gasteiger partial charge in [0.25, 0.3) is 0 Å². The van der Waals surface area contributed by atoms with E-state index in [0.29, 0.717) is 19.8 Å². The smallest absolute Gasteiger partial charge is 0.321 e. The van der Waals surface area contributed by atoms with Crippen molar-refractivity contribution in [3.05, 3.63) is 108 Å². The Labute approximate surface area is 230 Å². The molecule has 5 atom stereocenters. The molecule has 0 spiro atoms. The Kier molecular flexibility index (Phi) is 11.0. The highest BCUT2D eigenvalue weighted by molar-refractivity contribution is 9.09. The highest BCUT2D eigenvalue weighted by Gasteiger charge is 2.48. The van der Waals surface area contributed by atoms with Gasteiger partial charge in [0, 0.05) is 0 Å². The molecule has 1 aliphatic heterocycles. The zero-order valence-electron chi connectivity index (χ0n) is 20.3. The maximum atomic E-state index is 12.2. The molecule has 8 heteroatoms. The molecule has 0 amide bonds.